The van der Waals surface area contributed by atoms with E-state index >= 15 is 0 Å². The summed E-state index contributed by atoms with van der Waals surface area (Å²) in [5, 5.41) is 14.0. The molecular weight excluding hydrogens is 294 g/mol. The van der Waals surface area contributed by atoms with Crippen molar-refractivity contribution in [2.45, 2.75) is 6.61 Å². The highest BCUT2D eigenvalue weighted by Gasteiger charge is 2.20. The molecule has 2 aromatic carbocycles. The van der Waals surface area contributed by atoms with Crippen molar-refractivity contribution in [1.82, 2.24) is 5.16 Å². The average Bonchev–Trinajstić information content (AvgIpc) is 3.05. The average molecular weight is 311 g/mol. The lowest BCUT2D eigenvalue weighted by molar-refractivity contribution is 0.281. The van der Waals surface area contributed by atoms with Crippen LogP contribution in [0.5, 0.6) is 11.5 Å². The maximum absolute atomic E-state index is 9.83. The van der Waals surface area contributed by atoms with Crippen LogP contribution in [0.4, 0.5) is 0 Å². The van der Waals surface area contributed by atoms with Gasteiger partial charge in [-0.1, -0.05) is 29.4 Å². The van der Waals surface area contributed by atoms with E-state index in [9.17, 15) is 5.11 Å². The third-order valence-electron chi connectivity index (χ3n) is 3.64. The van der Waals surface area contributed by atoms with Crippen molar-refractivity contribution in [2.24, 2.45) is 0 Å². The summed E-state index contributed by atoms with van der Waals surface area (Å²) in [6.07, 6.45) is 0. The van der Waals surface area contributed by atoms with Crippen molar-refractivity contribution < 1.29 is 19.1 Å². The van der Waals surface area contributed by atoms with Crippen molar-refractivity contribution in [3.8, 4) is 34.1 Å². The minimum absolute atomic E-state index is 0.191. The Bertz CT molecular complexity index is 810. The first-order valence-corrected chi connectivity index (χ1v) is 7.15. The summed E-state index contributed by atoms with van der Waals surface area (Å²) in [6, 6.07) is 14.9. The number of rotatable bonds is 5. The van der Waals surface area contributed by atoms with E-state index in [-0.39, 0.29) is 6.61 Å². The SMILES string of the molecule is COc1cccc(-c2onc(-c3ccccc3OC)c2CO)c1. The quantitative estimate of drug-likeness (QED) is 0.781. The molecule has 0 spiro atoms. The Labute approximate surface area is 134 Å². The van der Waals surface area contributed by atoms with Crippen LogP contribution in [0.2, 0.25) is 0 Å². The van der Waals surface area contributed by atoms with E-state index < -0.39 is 0 Å². The number of aliphatic hydroxyl groups is 1. The molecule has 1 aromatic heterocycles. The van der Waals surface area contributed by atoms with Gasteiger partial charge in [-0.2, -0.15) is 0 Å². The number of aliphatic hydroxyl groups excluding tert-OH is 1. The lowest BCUT2D eigenvalue weighted by Crippen LogP contribution is -1.92. The Morgan fingerprint density at radius 2 is 1.87 bits per heavy atom. The van der Waals surface area contributed by atoms with E-state index in [1.54, 1.807) is 14.2 Å². The van der Waals surface area contributed by atoms with Gasteiger partial charge in [-0.25, -0.2) is 0 Å². The monoisotopic (exact) mass is 311 g/mol. The first-order chi connectivity index (χ1) is 11.3. The number of nitrogens with zero attached hydrogens (tertiary/aromatic N) is 1. The number of hydrogen-bond donors (Lipinski definition) is 1. The zero-order valence-corrected chi connectivity index (χ0v) is 12.9. The third-order valence-corrected chi connectivity index (χ3v) is 3.64. The van der Waals surface area contributed by atoms with E-state index in [4.69, 9.17) is 14.0 Å². The largest absolute Gasteiger partial charge is 0.497 e. The molecule has 23 heavy (non-hydrogen) atoms. The van der Waals surface area contributed by atoms with Crippen molar-refractivity contribution in [1.29, 1.82) is 0 Å². The fourth-order valence-electron chi connectivity index (χ4n) is 2.50. The van der Waals surface area contributed by atoms with Crippen molar-refractivity contribution in [3.05, 3.63) is 54.1 Å². The van der Waals surface area contributed by atoms with Gasteiger partial charge in [-0.3, -0.25) is 0 Å². The first-order valence-electron chi connectivity index (χ1n) is 7.15. The van der Waals surface area contributed by atoms with Crippen LogP contribution in [0.1, 0.15) is 5.56 Å². The van der Waals surface area contributed by atoms with Crippen molar-refractivity contribution in [3.63, 3.8) is 0 Å². The van der Waals surface area contributed by atoms with Crippen LogP contribution in [0.3, 0.4) is 0 Å². The molecule has 1 N–H and O–H groups in total. The molecule has 0 atom stereocenters. The topological polar surface area (TPSA) is 64.7 Å². The Morgan fingerprint density at radius 1 is 1.04 bits per heavy atom. The normalized spacial score (nSPS) is 10.6. The van der Waals surface area contributed by atoms with Gasteiger partial charge < -0.3 is 19.1 Å². The van der Waals surface area contributed by atoms with Crippen LogP contribution in [0.15, 0.2) is 53.1 Å². The van der Waals surface area contributed by atoms with Crippen LogP contribution in [-0.4, -0.2) is 24.5 Å². The number of ether oxygens (including phenoxy) is 2. The molecule has 0 saturated carbocycles. The maximum atomic E-state index is 9.83. The second kappa shape index (κ2) is 6.54. The van der Waals surface area contributed by atoms with Crippen molar-refractivity contribution in [2.75, 3.05) is 14.2 Å². The molecule has 3 rings (SSSR count). The Hall–Kier alpha value is -2.79. The molecule has 0 saturated heterocycles. The Morgan fingerprint density at radius 3 is 2.61 bits per heavy atom. The predicted molar refractivity (Wildman–Crippen MR) is 86.4 cm³/mol. The smallest absolute Gasteiger partial charge is 0.173 e. The van der Waals surface area contributed by atoms with E-state index in [1.165, 1.54) is 0 Å². The molecule has 0 radical (unpaired) electrons. The second-order valence-electron chi connectivity index (χ2n) is 4.93. The number of para-hydroxylation sites is 1. The van der Waals surface area contributed by atoms with Gasteiger partial charge in [0.05, 0.1) is 26.4 Å². The predicted octanol–water partition coefficient (Wildman–Crippen LogP) is 3.52. The lowest BCUT2D eigenvalue weighted by atomic mass is 10.0. The van der Waals surface area contributed by atoms with Crippen LogP contribution in [0, 0.1) is 0 Å². The fourth-order valence-corrected chi connectivity index (χ4v) is 2.50. The molecule has 0 aliphatic rings. The molecule has 1 heterocycles. The van der Waals surface area contributed by atoms with E-state index in [0.717, 1.165) is 11.1 Å². The second-order valence-corrected chi connectivity index (χ2v) is 4.93. The molecule has 5 heteroatoms. The van der Waals surface area contributed by atoms with E-state index in [1.807, 2.05) is 48.5 Å². The summed E-state index contributed by atoms with van der Waals surface area (Å²) in [5.41, 5.74) is 2.75. The zero-order chi connectivity index (χ0) is 16.2. The molecule has 0 aliphatic heterocycles. The minimum Gasteiger partial charge on any atom is -0.497 e. The summed E-state index contributed by atoms with van der Waals surface area (Å²) in [4.78, 5) is 0. The molecule has 5 nitrogen and oxygen atoms in total. The van der Waals surface area contributed by atoms with Crippen LogP contribution in [-0.2, 0) is 6.61 Å². The van der Waals surface area contributed by atoms with Crippen molar-refractivity contribution >= 4 is 0 Å². The summed E-state index contributed by atoms with van der Waals surface area (Å²) in [5.74, 6) is 1.90. The van der Waals surface area contributed by atoms with E-state index in [2.05, 4.69) is 5.16 Å². The number of aromatic nitrogens is 1. The minimum atomic E-state index is -0.191. The fraction of sp³-hybridized carbons (Fsp3) is 0.167. The summed E-state index contributed by atoms with van der Waals surface area (Å²) >= 11 is 0. The van der Waals surface area contributed by atoms with Gasteiger partial charge >= 0.3 is 0 Å². The molecule has 0 fully saturated rings. The van der Waals surface area contributed by atoms with Crippen LogP contribution in [0.25, 0.3) is 22.6 Å². The third kappa shape index (κ3) is 2.78. The van der Waals surface area contributed by atoms with Gasteiger partial charge in [0.2, 0.25) is 0 Å². The highest BCUT2D eigenvalue weighted by molar-refractivity contribution is 5.76. The summed E-state index contributed by atoms with van der Waals surface area (Å²) in [7, 11) is 3.20. The lowest BCUT2D eigenvalue weighted by Gasteiger charge is -2.07. The van der Waals surface area contributed by atoms with Gasteiger partial charge in [-0.05, 0) is 24.3 Å². The molecule has 0 unspecified atom stereocenters. The van der Waals surface area contributed by atoms with Crippen LogP contribution < -0.4 is 9.47 Å². The molecule has 0 amide bonds. The number of benzene rings is 2. The van der Waals surface area contributed by atoms with E-state index in [0.29, 0.717) is 28.5 Å². The standard InChI is InChI=1S/C18H17NO4/c1-21-13-7-5-6-12(10-13)18-15(11-20)17(19-23-18)14-8-3-4-9-16(14)22-2/h3-10,20H,11H2,1-2H3. The summed E-state index contributed by atoms with van der Waals surface area (Å²) < 4.78 is 16.1. The number of hydrogen-bond acceptors (Lipinski definition) is 5. The molecule has 118 valence electrons. The molecule has 0 bridgehead atoms. The van der Waals surface area contributed by atoms with Crippen LogP contribution >= 0.6 is 0 Å². The number of methoxy groups -OCH3 is 2. The highest BCUT2D eigenvalue weighted by atomic mass is 16.5. The Balaban J connectivity index is 2.13. The van der Waals surface area contributed by atoms with Gasteiger partial charge in [0.1, 0.15) is 17.2 Å². The molecule has 0 aliphatic carbocycles. The molecule has 3 aromatic rings. The van der Waals surface area contributed by atoms with Gasteiger partial charge in [0.15, 0.2) is 5.76 Å². The maximum Gasteiger partial charge on any atom is 0.173 e. The first kappa shape index (κ1) is 15.1. The summed E-state index contributed by atoms with van der Waals surface area (Å²) in [6.45, 7) is -0.191. The highest BCUT2D eigenvalue weighted by Crippen LogP contribution is 2.37. The van der Waals surface area contributed by atoms with Gasteiger partial charge in [0.25, 0.3) is 0 Å². The van der Waals surface area contributed by atoms with Gasteiger partial charge in [0, 0.05) is 11.1 Å². The molecular formula is C18H17NO4. The van der Waals surface area contributed by atoms with Gasteiger partial charge in [-0.15, -0.1) is 0 Å². The zero-order valence-electron chi connectivity index (χ0n) is 12.9. The Kier molecular flexibility index (Phi) is 4.30.